The molecule has 1 aliphatic heterocycles. The first-order valence-corrected chi connectivity index (χ1v) is 8.12. The van der Waals surface area contributed by atoms with Gasteiger partial charge in [0, 0.05) is 9.50 Å². The quantitative estimate of drug-likeness (QED) is 0.883. The Hall–Kier alpha value is -1.07. The summed E-state index contributed by atoms with van der Waals surface area (Å²) in [5.74, 6) is -0.222. The third-order valence-electron chi connectivity index (χ3n) is 3.61. The highest BCUT2D eigenvalue weighted by molar-refractivity contribution is 9.10. The molecule has 2 unspecified atom stereocenters. The number of nitrogens with one attached hydrogen (secondary N) is 1. The van der Waals surface area contributed by atoms with E-state index < -0.39 is 12.1 Å². The van der Waals surface area contributed by atoms with Gasteiger partial charge in [-0.3, -0.25) is 14.5 Å². The first-order chi connectivity index (χ1) is 9.86. The predicted molar refractivity (Wildman–Crippen MR) is 87.5 cm³/mol. The number of carbonyl (C=O) groups excluding carboxylic acids is 2. The number of rotatable bonds is 3. The molecule has 1 aliphatic rings. The Morgan fingerprint density at radius 3 is 2.62 bits per heavy atom. The number of amides is 2. The van der Waals surface area contributed by atoms with E-state index >= 15 is 0 Å². The SMILES string of the molecule is CCC1NC(=O)C(C(C)C)N(c2cc(Cl)ccc2Br)C1=O. The van der Waals surface area contributed by atoms with E-state index in [4.69, 9.17) is 11.6 Å². The van der Waals surface area contributed by atoms with Crippen LogP contribution in [0.5, 0.6) is 0 Å². The maximum absolute atomic E-state index is 12.7. The number of halogens is 2. The summed E-state index contributed by atoms with van der Waals surface area (Å²) in [5, 5.41) is 3.33. The van der Waals surface area contributed by atoms with Crippen LogP contribution in [0.25, 0.3) is 0 Å². The van der Waals surface area contributed by atoms with E-state index in [0.717, 1.165) is 4.47 Å². The molecular formula is C15H18BrClN2O2. The molecule has 0 spiro atoms. The van der Waals surface area contributed by atoms with E-state index in [0.29, 0.717) is 17.1 Å². The van der Waals surface area contributed by atoms with Gasteiger partial charge in [0.05, 0.1) is 5.69 Å². The summed E-state index contributed by atoms with van der Waals surface area (Å²) >= 11 is 9.51. The third-order valence-corrected chi connectivity index (χ3v) is 4.51. The summed E-state index contributed by atoms with van der Waals surface area (Å²) in [5.41, 5.74) is 0.638. The second kappa shape index (κ2) is 6.36. The second-order valence-electron chi connectivity index (χ2n) is 5.46. The van der Waals surface area contributed by atoms with E-state index in [1.54, 1.807) is 23.1 Å². The first-order valence-electron chi connectivity index (χ1n) is 6.95. The Kier molecular flexibility index (Phi) is 4.94. The second-order valence-corrected chi connectivity index (χ2v) is 6.75. The van der Waals surface area contributed by atoms with Crippen LogP contribution in [0.4, 0.5) is 5.69 Å². The molecule has 1 saturated heterocycles. The Morgan fingerprint density at radius 2 is 2.05 bits per heavy atom. The van der Waals surface area contributed by atoms with Gasteiger partial charge in [0.25, 0.3) is 0 Å². The molecule has 4 nitrogen and oxygen atoms in total. The minimum Gasteiger partial charge on any atom is -0.342 e. The average Bonchev–Trinajstić information content (AvgIpc) is 2.43. The van der Waals surface area contributed by atoms with Crippen molar-refractivity contribution in [3.8, 4) is 0 Å². The smallest absolute Gasteiger partial charge is 0.250 e. The molecule has 1 fully saturated rings. The molecule has 0 aromatic heterocycles. The van der Waals surface area contributed by atoms with Gasteiger partial charge in [-0.2, -0.15) is 0 Å². The van der Waals surface area contributed by atoms with Crippen LogP contribution in [0, 0.1) is 5.92 Å². The van der Waals surface area contributed by atoms with Gasteiger partial charge < -0.3 is 5.32 Å². The number of nitrogens with zero attached hydrogens (tertiary/aromatic N) is 1. The highest BCUT2D eigenvalue weighted by Gasteiger charge is 2.42. The number of hydrogen-bond acceptors (Lipinski definition) is 2. The zero-order valence-corrected chi connectivity index (χ0v) is 14.5. The van der Waals surface area contributed by atoms with Crippen molar-refractivity contribution in [2.24, 2.45) is 5.92 Å². The van der Waals surface area contributed by atoms with Crippen LogP contribution in [0.2, 0.25) is 5.02 Å². The molecule has 21 heavy (non-hydrogen) atoms. The molecule has 2 amide bonds. The van der Waals surface area contributed by atoms with Crippen molar-refractivity contribution >= 4 is 45.0 Å². The lowest BCUT2D eigenvalue weighted by molar-refractivity contribution is -0.134. The van der Waals surface area contributed by atoms with Crippen LogP contribution in [0.1, 0.15) is 27.2 Å². The van der Waals surface area contributed by atoms with Crippen LogP contribution in [0.3, 0.4) is 0 Å². The molecule has 0 radical (unpaired) electrons. The van der Waals surface area contributed by atoms with Crippen molar-refractivity contribution in [2.45, 2.75) is 39.3 Å². The Bertz CT molecular complexity index is 577. The van der Waals surface area contributed by atoms with Gasteiger partial charge in [0.15, 0.2) is 0 Å². The number of benzene rings is 1. The van der Waals surface area contributed by atoms with Crippen molar-refractivity contribution in [3.63, 3.8) is 0 Å². The molecule has 2 atom stereocenters. The summed E-state index contributed by atoms with van der Waals surface area (Å²) in [4.78, 5) is 26.7. The van der Waals surface area contributed by atoms with Crippen LogP contribution in [-0.4, -0.2) is 23.9 Å². The molecule has 1 N–H and O–H groups in total. The molecular weight excluding hydrogens is 356 g/mol. The van der Waals surface area contributed by atoms with Crippen LogP contribution < -0.4 is 10.2 Å². The van der Waals surface area contributed by atoms with E-state index in [-0.39, 0.29) is 17.7 Å². The van der Waals surface area contributed by atoms with Gasteiger partial charge in [-0.1, -0.05) is 32.4 Å². The molecule has 1 aromatic carbocycles. The Balaban J connectivity index is 2.55. The summed E-state index contributed by atoms with van der Waals surface area (Å²) in [6.45, 7) is 5.73. The number of carbonyl (C=O) groups is 2. The topological polar surface area (TPSA) is 49.4 Å². The predicted octanol–water partition coefficient (Wildman–Crippen LogP) is 3.37. The van der Waals surface area contributed by atoms with Crippen molar-refractivity contribution in [1.82, 2.24) is 5.32 Å². The highest BCUT2D eigenvalue weighted by Crippen LogP contribution is 2.34. The van der Waals surface area contributed by atoms with Gasteiger partial charge in [0.1, 0.15) is 12.1 Å². The maximum atomic E-state index is 12.7. The Morgan fingerprint density at radius 1 is 1.38 bits per heavy atom. The zero-order chi connectivity index (χ0) is 15.7. The Labute approximate surface area is 138 Å². The van der Waals surface area contributed by atoms with E-state index in [9.17, 15) is 9.59 Å². The summed E-state index contributed by atoms with van der Waals surface area (Å²) in [6.07, 6.45) is 0.560. The molecule has 0 bridgehead atoms. The van der Waals surface area contributed by atoms with E-state index in [1.807, 2.05) is 20.8 Å². The van der Waals surface area contributed by atoms with Gasteiger partial charge in [-0.05, 0) is 46.5 Å². The van der Waals surface area contributed by atoms with Crippen LogP contribution >= 0.6 is 27.5 Å². The van der Waals surface area contributed by atoms with Gasteiger partial charge in [-0.15, -0.1) is 0 Å². The maximum Gasteiger partial charge on any atom is 0.250 e. The molecule has 1 heterocycles. The zero-order valence-electron chi connectivity index (χ0n) is 12.2. The fourth-order valence-electron chi connectivity index (χ4n) is 2.56. The standard InChI is InChI=1S/C15H18BrClN2O2/c1-4-11-15(21)19(13(8(2)3)14(20)18-11)12-7-9(17)5-6-10(12)16/h5-8,11,13H,4H2,1-3H3,(H,18,20). The minimum absolute atomic E-state index is 0.00219. The lowest BCUT2D eigenvalue weighted by atomic mass is 9.95. The molecule has 6 heteroatoms. The van der Waals surface area contributed by atoms with Crippen molar-refractivity contribution in [3.05, 3.63) is 27.7 Å². The summed E-state index contributed by atoms with van der Waals surface area (Å²) in [6, 6.07) is 4.22. The van der Waals surface area contributed by atoms with Gasteiger partial charge in [0.2, 0.25) is 11.8 Å². The van der Waals surface area contributed by atoms with Crippen molar-refractivity contribution < 1.29 is 9.59 Å². The molecule has 1 aromatic rings. The molecule has 114 valence electrons. The monoisotopic (exact) mass is 372 g/mol. The molecule has 0 saturated carbocycles. The normalized spacial score (nSPS) is 22.7. The number of anilines is 1. The van der Waals surface area contributed by atoms with Gasteiger partial charge >= 0.3 is 0 Å². The number of hydrogen-bond donors (Lipinski definition) is 1. The molecule has 0 aliphatic carbocycles. The van der Waals surface area contributed by atoms with Crippen LogP contribution in [-0.2, 0) is 9.59 Å². The van der Waals surface area contributed by atoms with Crippen molar-refractivity contribution in [1.29, 1.82) is 0 Å². The summed E-state index contributed by atoms with van der Waals surface area (Å²) < 4.78 is 0.746. The summed E-state index contributed by atoms with van der Waals surface area (Å²) in [7, 11) is 0. The number of piperazine rings is 1. The molecule has 2 rings (SSSR count). The van der Waals surface area contributed by atoms with E-state index in [1.165, 1.54) is 0 Å². The minimum atomic E-state index is -0.532. The van der Waals surface area contributed by atoms with Gasteiger partial charge in [-0.25, -0.2) is 0 Å². The largest absolute Gasteiger partial charge is 0.342 e. The average molecular weight is 374 g/mol. The first kappa shape index (κ1) is 16.3. The lowest BCUT2D eigenvalue weighted by Crippen LogP contribution is -2.65. The lowest BCUT2D eigenvalue weighted by Gasteiger charge is -2.41. The van der Waals surface area contributed by atoms with Crippen LogP contribution in [0.15, 0.2) is 22.7 Å². The van der Waals surface area contributed by atoms with Crippen molar-refractivity contribution in [2.75, 3.05) is 4.90 Å². The highest BCUT2D eigenvalue weighted by atomic mass is 79.9. The van der Waals surface area contributed by atoms with E-state index in [2.05, 4.69) is 21.2 Å². The third kappa shape index (κ3) is 3.09. The fourth-order valence-corrected chi connectivity index (χ4v) is 3.16. The fraction of sp³-hybridized carbons (Fsp3) is 0.467.